The van der Waals surface area contributed by atoms with Gasteiger partial charge in [0, 0.05) is 0 Å². The van der Waals surface area contributed by atoms with Gasteiger partial charge in [-0.05, 0) is 32.9 Å². The summed E-state index contributed by atoms with van der Waals surface area (Å²) in [6, 6.07) is 2.81. The first-order valence-corrected chi connectivity index (χ1v) is 6.69. The molecule has 0 aliphatic heterocycles. The number of nitrogens with zero attached hydrogens (tertiary/aromatic N) is 1. The lowest BCUT2D eigenvalue weighted by atomic mass is 10.2. The molecule has 1 aromatic rings. The molecule has 0 bridgehead atoms. The van der Waals surface area contributed by atoms with E-state index in [1.54, 1.807) is 20.8 Å². The van der Waals surface area contributed by atoms with Crippen molar-refractivity contribution in [1.29, 1.82) is 0 Å². The standard InChI is InChI=1S/C9H8FNO5.C5H11NO2/c10-6-1-2-8(7(5-6)11(14)15)16-4-3-9(12)13;1-5(2,3)8-4(6)7/h1-2,5H,3-4H2,(H,12,13);1-3H3,(H2,6,7). The number of hydrogen-bond acceptors (Lipinski definition) is 6. The number of primary amides is 1. The predicted octanol–water partition coefficient (Wildman–Crippen LogP) is 2.47. The first-order chi connectivity index (χ1) is 10.9. The first-order valence-electron chi connectivity index (χ1n) is 6.69. The summed E-state index contributed by atoms with van der Waals surface area (Å²) in [6.45, 7) is 5.08. The number of nitro benzene ring substituents is 1. The molecule has 1 rings (SSSR count). The fraction of sp³-hybridized carbons (Fsp3) is 0.429. The second kappa shape index (κ2) is 9.28. The first kappa shape index (κ1) is 21.1. The van der Waals surface area contributed by atoms with Crippen LogP contribution in [0.25, 0.3) is 0 Å². The zero-order valence-electron chi connectivity index (χ0n) is 13.4. The highest BCUT2D eigenvalue weighted by Crippen LogP contribution is 2.27. The number of ether oxygens (including phenoxy) is 2. The maximum atomic E-state index is 12.7. The zero-order valence-corrected chi connectivity index (χ0v) is 13.4. The third-order valence-corrected chi connectivity index (χ3v) is 2.10. The average Bonchev–Trinajstić information content (AvgIpc) is 2.37. The highest BCUT2D eigenvalue weighted by Gasteiger charge is 2.16. The molecule has 0 atom stereocenters. The predicted molar refractivity (Wildman–Crippen MR) is 81.2 cm³/mol. The molecule has 134 valence electrons. The molecule has 10 heteroatoms. The monoisotopic (exact) mass is 346 g/mol. The maximum absolute atomic E-state index is 12.7. The van der Waals surface area contributed by atoms with Gasteiger partial charge >= 0.3 is 17.7 Å². The Labute approximate surface area is 137 Å². The molecule has 3 N–H and O–H groups in total. The van der Waals surface area contributed by atoms with Gasteiger partial charge in [-0.15, -0.1) is 0 Å². The van der Waals surface area contributed by atoms with E-state index in [0.717, 1.165) is 18.2 Å². The van der Waals surface area contributed by atoms with Crippen molar-refractivity contribution in [1.82, 2.24) is 0 Å². The highest BCUT2D eigenvalue weighted by molar-refractivity contribution is 5.66. The lowest BCUT2D eigenvalue weighted by Gasteiger charge is -2.16. The fourth-order valence-corrected chi connectivity index (χ4v) is 1.31. The van der Waals surface area contributed by atoms with Crippen LogP contribution >= 0.6 is 0 Å². The molecule has 0 aromatic heterocycles. The Balaban J connectivity index is 0.000000561. The molecule has 0 saturated heterocycles. The highest BCUT2D eigenvalue weighted by atomic mass is 19.1. The smallest absolute Gasteiger partial charge is 0.405 e. The minimum atomic E-state index is -1.08. The lowest BCUT2D eigenvalue weighted by molar-refractivity contribution is -0.386. The van der Waals surface area contributed by atoms with Crippen LogP contribution in [-0.4, -0.2) is 34.3 Å². The van der Waals surface area contributed by atoms with Crippen LogP contribution in [0.15, 0.2) is 18.2 Å². The van der Waals surface area contributed by atoms with Crippen molar-refractivity contribution in [3.63, 3.8) is 0 Å². The number of nitrogens with two attached hydrogens (primary N) is 1. The number of carbonyl (C=O) groups excluding carboxylic acids is 1. The van der Waals surface area contributed by atoms with Crippen molar-refractivity contribution in [2.45, 2.75) is 32.8 Å². The van der Waals surface area contributed by atoms with Gasteiger partial charge in [-0.25, -0.2) is 9.18 Å². The Bertz CT molecular complexity index is 599. The van der Waals surface area contributed by atoms with Gasteiger partial charge in [0.2, 0.25) is 0 Å². The molecule has 0 spiro atoms. The van der Waals surface area contributed by atoms with Crippen molar-refractivity contribution >= 4 is 17.7 Å². The zero-order chi connectivity index (χ0) is 18.9. The van der Waals surface area contributed by atoms with Gasteiger partial charge in [-0.1, -0.05) is 0 Å². The van der Waals surface area contributed by atoms with Gasteiger partial charge in [0.1, 0.15) is 11.4 Å². The molecule has 0 aliphatic carbocycles. The van der Waals surface area contributed by atoms with E-state index in [1.165, 1.54) is 0 Å². The number of carbonyl (C=O) groups is 2. The van der Waals surface area contributed by atoms with Crippen molar-refractivity contribution in [2.75, 3.05) is 6.61 Å². The van der Waals surface area contributed by atoms with E-state index < -0.39 is 34.1 Å². The van der Waals surface area contributed by atoms with Gasteiger partial charge < -0.3 is 20.3 Å². The molecular formula is C14H19FN2O7. The van der Waals surface area contributed by atoms with Crippen LogP contribution in [0, 0.1) is 15.9 Å². The van der Waals surface area contributed by atoms with Gasteiger partial charge in [0.05, 0.1) is 24.0 Å². The van der Waals surface area contributed by atoms with E-state index in [9.17, 15) is 24.1 Å². The minimum Gasteiger partial charge on any atom is -0.486 e. The Hall–Kier alpha value is -2.91. The summed E-state index contributed by atoms with van der Waals surface area (Å²) in [4.78, 5) is 29.9. The second-order valence-corrected chi connectivity index (χ2v) is 5.39. The number of hydrogen-bond donors (Lipinski definition) is 2. The van der Waals surface area contributed by atoms with E-state index in [2.05, 4.69) is 4.74 Å². The average molecular weight is 346 g/mol. The third-order valence-electron chi connectivity index (χ3n) is 2.10. The summed E-state index contributed by atoms with van der Waals surface area (Å²) < 4.78 is 22.2. The molecule has 0 heterocycles. The maximum Gasteiger partial charge on any atom is 0.405 e. The number of aliphatic carboxylic acids is 1. The number of halogens is 1. The van der Waals surface area contributed by atoms with E-state index in [1.807, 2.05) is 0 Å². The van der Waals surface area contributed by atoms with Gasteiger partial charge in [-0.2, -0.15) is 0 Å². The lowest BCUT2D eigenvalue weighted by Crippen LogP contribution is -2.27. The molecule has 0 radical (unpaired) electrons. The van der Waals surface area contributed by atoms with Crippen molar-refractivity contribution in [3.05, 3.63) is 34.1 Å². The molecular weight excluding hydrogens is 327 g/mol. The summed E-state index contributed by atoms with van der Waals surface area (Å²) >= 11 is 0. The van der Waals surface area contributed by atoms with E-state index in [4.69, 9.17) is 15.6 Å². The molecule has 24 heavy (non-hydrogen) atoms. The molecule has 9 nitrogen and oxygen atoms in total. The number of benzene rings is 1. The fourth-order valence-electron chi connectivity index (χ4n) is 1.31. The Morgan fingerprint density at radius 1 is 1.38 bits per heavy atom. The Morgan fingerprint density at radius 3 is 2.33 bits per heavy atom. The summed E-state index contributed by atoms with van der Waals surface area (Å²) in [7, 11) is 0. The van der Waals surface area contributed by atoms with Crippen LogP contribution in [0.2, 0.25) is 0 Å². The number of nitro groups is 1. The van der Waals surface area contributed by atoms with Crippen molar-refractivity contribution in [2.24, 2.45) is 5.73 Å². The Morgan fingerprint density at radius 2 is 1.96 bits per heavy atom. The SMILES string of the molecule is CC(C)(C)OC(N)=O.O=C(O)CCOc1ccc(F)cc1[N+](=O)[O-]. The minimum absolute atomic E-state index is 0.146. The Kier molecular flexibility index (Phi) is 8.15. The largest absolute Gasteiger partial charge is 0.486 e. The number of rotatable bonds is 5. The van der Waals surface area contributed by atoms with Gasteiger partial charge in [-0.3, -0.25) is 14.9 Å². The number of amides is 1. The van der Waals surface area contributed by atoms with Crippen LogP contribution in [-0.2, 0) is 9.53 Å². The van der Waals surface area contributed by atoms with Crippen LogP contribution in [0.1, 0.15) is 27.2 Å². The summed E-state index contributed by atoms with van der Waals surface area (Å²) in [5.74, 6) is -1.98. The van der Waals surface area contributed by atoms with Gasteiger partial charge in [0.25, 0.3) is 0 Å². The normalized spacial score (nSPS) is 10.2. The second-order valence-electron chi connectivity index (χ2n) is 5.39. The van der Waals surface area contributed by atoms with Crippen molar-refractivity contribution in [3.8, 4) is 5.75 Å². The molecule has 0 fully saturated rings. The summed E-state index contributed by atoms with van der Waals surface area (Å²) in [5.41, 5.74) is 3.74. The van der Waals surface area contributed by atoms with Crippen LogP contribution in [0.5, 0.6) is 5.75 Å². The van der Waals surface area contributed by atoms with E-state index in [0.29, 0.717) is 0 Å². The van der Waals surface area contributed by atoms with E-state index in [-0.39, 0.29) is 18.8 Å². The number of carboxylic acid groups (broad SMARTS) is 1. The van der Waals surface area contributed by atoms with Crippen LogP contribution in [0.3, 0.4) is 0 Å². The quantitative estimate of drug-likeness (QED) is 0.616. The topological polar surface area (TPSA) is 142 Å². The number of carboxylic acids is 1. The van der Waals surface area contributed by atoms with Crippen LogP contribution in [0.4, 0.5) is 14.9 Å². The third kappa shape index (κ3) is 9.92. The molecule has 0 unspecified atom stereocenters. The van der Waals surface area contributed by atoms with Gasteiger partial charge in [0.15, 0.2) is 5.75 Å². The molecule has 0 saturated carbocycles. The van der Waals surface area contributed by atoms with Crippen molar-refractivity contribution < 1.29 is 33.5 Å². The summed E-state index contributed by atoms with van der Waals surface area (Å²) in [5, 5.41) is 18.9. The molecule has 0 aliphatic rings. The van der Waals surface area contributed by atoms with Crippen LogP contribution < -0.4 is 10.5 Å². The van der Waals surface area contributed by atoms with E-state index >= 15 is 0 Å². The summed E-state index contributed by atoms with van der Waals surface area (Å²) in [6.07, 6.45) is -1.01. The molecule has 1 aromatic carbocycles. The molecule has 1 amide bonds.